The Morgan fingerprint density at radius 3 is 2.39 bits per heavy atom. The van der Waals surface area contributed by atoms with Crippen LogP contribution in [-0.4, -0.2) is 37.6 Å². The molecule has 0 saturated carbocycles. The van der Waals surface area contributed by atoms with Crippen molar-refractivity contribution in [3.05, 3.63) is 58.1 Å². The third kappa shape index (κ3) is 5.97. The molecule has 0 unspecified atom stereocenters. The Morgan fingerprint density at radius 1 is 1.07 bits per heavy atom. The van der Waals surface area contributed by atoms with E-state index in [1.54, 1.807) is 19.2 Å². The summed E-state index contributed by atoms with van der Waals surface area (Å²) in [6, 6.07) is 11.1. The Kier molecular flexibility index (Phi) is 7.32. The van der Waals surface area contributed by atoms with Crippen LogP contribution in [0.1, 0.15) is 12.0 Å². The number of nitrogens with one attached hydrogen (secondary N) is 1. The zero-order valence-corrected chi connectivity index (χ0v) is 15.5. The smallest absolute Gasteiger partial charge is 0.306 e. The second-order valence-electron chi connectivity index (χ2n) is 5.70. The van der Waals surface area contributed by atoms with Crippen molar-refractivity contribution in [2.45, 2.75) is 12.8 Å². The van der Waals surface area contributed by atoms with Gasteiger partial charge in [0.25, 0.3) is 11.6 Å². The summed E-state index contributed by atoms with van der Waals surface area (Å²) in [6.45, 7) is -0.471. The van der Waals surface area contributed by atoms with Crippen molar-refractivity contribution in [3.63, 3.8) is 0 Å². The van der Waals surface area contributed by atoms with Crippen LogP contribution in [0.4, 0.5) is 11.4 Å². The molecule has 0 aliphatic carbocycles. The highest BCUT2D eigenvalue weighted by Crippen LogP contribution is 2.28. The van der Waals surface area contributed by atoms with E-state index >= 15 is 0 Å². The van der Waals surface area contributed by atoms with Crippen LogP contribution in [0.5, 0.6) is 11.5 Å². The summed E-state index contributed by atoms with van der Waals surface area (Å²) in [6.07, 6.45) is 0.598. The molecule has 28 heavy (non-hydrogen) atoms. The second-order valence-corrected chi connectivity index (χ2v) is 5.70. The van der Waals surface area contributed by atoms with Gasteiger partial charge in [0, 0.05) is 12.5 Å². The average molecular weight is 388 g/mol. The van der Waals surface area contributed by atoms with E-state index in [1.165, 1.54) is 25.3 Å². The molecule has 0 aliphatic heterocycles. The summed E-state index contributed by atoms with van der Waals surface area (Å²) >= 11 is 0. The van der Waals surface area contributed by atoms with Gasteiger partial charge in [-0.2, -0.15) is 0 Å². The predicted molar refractivity (Wildman–Crippen MR) is 101 cm³/mol. The van der Waals surface area contributed by atoms with Gasteiger partial charge >= 0.3 is 5.97 Å². The van der Waals surface area contributed by atoms with Crippen LogP contribution < -0.4 is 14.8 Å². The first kappa shape index (κ1) is 20.7. The zero-order valence-electron chi connectivity index (χ0n) is 15.5. The molecule has 2 rings (SSSR count). The lowest BCUT2D eigenvalue weighted by Crippen LogP contribution is -2.21. The number of methoxy groups -OCH3 is 2. The molecule has 9 heteroatoms. The van der Waals surface area contributed by atoms with Crippen LogP contribution in [0.15, 0.2) is 42.5 Å². The fraction of sp³-hybridized carbons (Fsp3) is 0.263. The number of rotatable bonds is 9. The number of nitro benzene ring substituents is 1. The third-order valence-corrected chi connectivity index (χ3v) is 3.81. The van der Waals surface area contributed by atoms with E-state index in [2.05, 4.69) is 5.32 Å². The van der Waals surface area contributed by atoms with Crippen molar-refractivity contribution < 1.29 is 28.7 Å². The maximum atomic E-state index is 12.0. The van der Waals surface area contributed by atoms with Crippen LogP contribution in [0, 0.1) is 10.1 Å². The lowest BCUT2D eigenvalue weighted by Gasteiger charge is -2.10. The number of amides is 1. The third-order valence-electron chi connectivity index (χ3n) is 3.81. The van der Waals surface area contributed by atoms with Gasteiger partial charge in [-0.15, -0.1) is 0 Å². The normalized spacial score (nSPS) is 10.1. The van der Waals surface area contributed by atoms with E-state index in [1.807, 2.05) is 12.1 Å². The van der Waals surface area contributed by atoms with Gasteiger partial charge in [0.1, 0.15) is 11.5 Å². The molecule has 148 valence electrons. The minimum atomic E-state index is -0.579. The fourth-order valence-corrected chi connectivity index (χ4v) is 2.34. The summed E-state index contributed by atoms with van der Waals surface area (Å²) in [5.41, 5.74) is 1.02. The summed E-state index contributed by atoms with van der Waals surface area (Å²) in [4.78, 5) is 34.0. The summed E-state index contributed by atoms with van der Waals surface area (Å²) in [5, 5.41) is 13.3. The molecule has 0 heterocycles. The molecule has 0 bridgehead atoms. The standard InChI is InChI=1S/C19H20N2O7/c1-26-15-7-3-13(4-8-15)5-10-19(23)28-12-18(22)20-16-9-6-14(21(24)25)11-17(16)27-2/h3-4,6-9,11H,5,10,12H2,1-2H3,(H,20,22). The van der Waals surface area contributed by atoms with Gasteiger partial charge in [-0.25, -0.2) is 0 Å². The van der Waals surface area contributed by atoms with E-state index in [-0.39, 0.29) is 23.5 Å². The van der Waals surface area contributed by atoms with Crippen LogP contribution in [0.25, 0.3) is 0 Å². The fourth-order valence-electron chi connectivity index (χ4n) is 2.34. The summed E-state index contributed by atoms with van der Waals surface area (Å²) in [5.74, 6) is -0.232. The van der Waals surface area contributed by atoms with Gasteiger partial charge in [0.15, 0.2) is 6.61 Å². The molecular formula is C19H20N2O7. The maximum absolute atomic E-state index is 12.0. The molecule has 0 fully saturated rings. The number of carbonyl (C=O) groups excluding carboxylic acids is 2. The van der Waals surface area contributed by atoms with Gasteiger partial charge < -0.3 is 19.5 Å². The minimum Gasteiger partial charge on any atom is -0.497 e. The molecule has 1 amide bonds. The van der Waals surface area contributed by atoms with Gasteiger partial charge in [0.05, 0.1) is 30.9 Å². The molecule has 9 nitrogen and oxygen atoms in total. The average Bonchev–Trinajstić information content (AvgIpc) is 2.71. The number of aryl methyl sites for hydroxylation is 1. The second kappa shape index (κ2) is 9.91. The number of carbonyl (C=O) groups is 2. The monoisotopic (exact) mass is 388 g/mol. The van der Waals surface area contributed by atoms with E-state index in [4.69, 9.17) is 14.2 Å². The quantitative estimate of drug-likeness (QED) is 0.399. The number of anilines is 1. The molecule has 0 aromatic heterocycles. The highest BCUT2D eigenvalue weighted by Gasteiger charge is 2.14. The van der Waals surface area contributed by atoms with Gasteiger partial charge in [-0.05, 0) is 30.2 Å². The van der Waals surface area contributed by atoms with Crippen molar-refractivity contribution in [1.29, 1.82) is 0 Å². The van der Waals surface area contributed by atoms with E-state index in [0.29, 0.717) is 6.42 Å². The number of esters is 1. The molecule has 2 aromatic rings. The Bertz CT molecular complexity index is 850. The van der Waals surface area contributed by atoms with Crippen LogP contribution in [0.3, 0.4) is 0 Å². The number of nitrogens with zero attached hydrogens (tertiary/aromatic N) is 1. The first-order valence-corrected chi connectivity index (χ1v) is 8.33. The first-order valence-electron chi connectivity index (χ1n) is 8.33. The van der Waals surface area contributed by atoms with Crippen molar-refractivity contribution >= 4 is 23.3 Å². The number of nitro groups is 1. The maximum Gasteiger partial charge on any atom is 0.306 e. The lowest BCUT2D eigenvalue weighted by atomic mass is 10.1. The first-order chi connectivity index (χ1) is 13.4. The molecule has 0 radical (unpaired) electrons. The van der Waals surface area contributed by atoms with E-state index < -0.39 is 23.4 Å². The highest BCUT2D eigenvalue weighted by molar-refractivity contribution is 5.94. The molecular weight excluding hydrogens is 368 g/mol. The highest BCUT2D eigenvalue weighted by atomic mass is 16.6. The molecule has 0 saturated heterocycles. The number of ether oxygens (including phenoxy) is 3. The summed E-state index contributed by atoms with van der Waals surface area (Å²) < 4.78 is 15.0. The largest absolute Gasteiger partial charge is 0.497 e. The molecule has 0 aliphatic rings. The van der Waals surface area contributed by atoms with Crippen molar-refractivity contribution in [2.75, 3.05) is 26.1 Å². The van der Waals surface area contributed by atoms with Gasteiger partial charge in [-0.1, -0.05) is 12.1 Å². The van der Waals surface area contributed by atoms with Crippen molar-refractivity contribution in [1.82, 2.24) is 0 Å². The van der Waals surface area contributed by atoms with E-state index in [9.17, 15) is 19.7 Å². The van der Waals surface area contributed by atoms with Gasteiger partial charge in [-0.3, -0.25) is 19.7 Å². The Labute approximate surface area is 161 Å². The number of non-ortho nitro benzene ring substituents is 1. The summed E-state index contributed by atoms with van der Waals surface area (Å²) in [7, 11) is 2.90. The van der Waals surface area contributed by atoms with Crippen molar-refractivity contribution in [2.24, 2.45) is 0 Å². The topological polar surface area (TPSA) is 117 Å². The molecule has 2 aromatic carbocycles. The minimum absolute atomic E-state index is 0.125. The molecule has 1 N–H and O–H groups in total. The van der Waals surface area contributed by atoms with Crippen LogP contribution in [-0.2, 0) is 20.7 Å². The number of hydrogen-bond donors (Lipinski definition) is 1. The number of benzene rings is 2. The Morgan fingerprint density at radius 2 is 1.79 bits per heavy atom. The number of hydrogen-bond acceptors (Lipinski definition) is 7. The van der Waals surface area contributed by atoms with Crippen LogP contribution in [0.2, 0.25) is 0 Å². The van der Waals surface area contributed by atoms with Crippen molar-refractivity contribution in [3.8, 4) is 11.5 Å². The molecule has 0 spiro atoms. The Hall–Kier alpha value is -3.62. The molecule has 0 atom stereocenters. The SMILES string of the molecule is COc1ccc(CCC(=O)OCC(=O)Nc2ccc([N+](=O)[O-])cc2OC)cc1. The van der Waals surface area contributed by atoms with Crippen LogP contribution >= 0.6 is 0 Å². The Balaban J connectivity index is 1.81. The zero-order chi connectivity index (χ0) is 20.5. The lowest BCUT2D eigenvalue weighted by molar-refractivity contribution is -0.384. The predicted octanol–water partition coefficient (Wildman–Crippen LogP) is 2.73. The van der Waals surface area contributed by atoms with E-state index in [0.717, 1.165) is 11.3 Å². The van der Waals surface area contributed by atoms with Gasteiger partial charge in [0.2, 0.25) is 0 Å².